The van der Waals surface area contributed by atoms with E-state index >= 15 is 0 Å². The van der Waals surface area contributed by atoms with Gasteiger partial charge in [0.05, 0.1) is 12.2 Å². The van der Waals surface area contributed by atoms with Crippen LogP contribution in [0.1, 0.15) is 120 Å². The number of carbonyl (C=O) groups excluding carboxylic acids is 3. The van der Waals surface area contributed by atoms with Crippen molar-refractivity contribution >= 4 is 17.5 Å². The molecule has 40 heavy (non-hydrogen) atoms. The molecule has 1 unspecified atom stereocenters. The molecule has 0 bridgehead atoms. The lowest BCUT2D eigenvalue weighted by atomic mass is 9.39. The van der Waals surface area contributed by atoms with E-state index in [0.29, 0.717) is 6.61 Å². The Bertz CT molecular complexity index is 1170. The second-order valence-electron chi connectivity index (χ2n) is 15.5. The molecule has 0 radical (unpaired) electrons. The number of nitrogens with zero attached hydrogens (tertiary/aromatic N) is 1. The van der Waals surface area contributed by atoms with E-state index in [0.717, 1.165) is 69.8 Å². The number of allylic oxidation sites excluding steroid dienone is 4. The third-order valence-electron chi connectivity index (χ3n) is 12.4. The van der Waals surface area contributed by atoms with Crippen LogP contribution in [0.25, 0.3) is 0 Å². The summed E-state index contributed by atoms with van der Waals surface area (Å²) in [6, 6.07) is 2.18. The van der Waals surface area contributed by atoms with Gasteiger partial charge in [-0.15, -0.1) is 0 Å². The highest BCUT2D eigenvalue weighted by Gasteiger charge is 2.63. The molecule has 5 heteroatoms. The van der Waals surface area contributed by atoms with Crippen molar-refractivity contribution in [3.8, 4) is 6.07 Å². The van der Waals surface area contributed by atoms with Crippen LogP contribution < -0.4 is 0 Å². The highest BCUT2D eigenvalue weighted by molar-refractivity contribution is 6.02. The Morgan fingerprint density at radius 2 is 1.68 bits per heavy atom. The van der Waals surface area contributed by atoms with Crippen LogP contribution in [0, 0.1) is 56.2 Å². The molecular weight excluding hydrogens is 498 g/mol. The zero-order valence-corrected chi connectivity index (χ0v) is 26.2. The van der Waals surface area contributed by atoms with Gasteiger partial charge in [-0.1, -0.05) is 60.1 Å². The molecule has 0 saturated heterocycles. The Morgan fingerprint density at radius 1 is 1.00 bits per heavy atom. The fourth-order valence-electron chi connectivity index (χ4n) is 9.23. The van der Waals surface area contributed by atoms with Gasteiger partial charge in [0.1, 0.15) is 6.07 Å². The molecule has 0 aromatic rings. The van der Waals surface area contributed by atoms with Gasteiger partial charge in [-0.05, 0) is 97.9 Å². The maximum atomic E-state index is 14.2. The number of esters is 1. The van der Waals surface area contributed by atoms with Gasteiger partial charge in [0.2, 0.25) is 0 Å². The number of rotatable bonds is 4. The van der Waals surface area contributed by atoms with Gasteiger partial charge in [-0.3, -0.25) is 14.4 Å². The third-order valence-corrected chi connectivity index (χ3v) is 12.4. The largest absolute Gasteiger partial charge is 0.466 e. The van der Waals surface area contributed by atoms with Gasteiger partial charge in [-0.2, -0.15) is 5.26 Å². The number of fused-ring (bicyclic) bond motifs is 5. The van der Waals surface area contributed by atoms with E-state index in [1.54, 1.807) is 0 Å². The van der Waals surface area contributed by atoms with E-state index in [4.69, 9.17) is 4.74 Å². The van der Waals surface area contributed by atoms with Gasteiger partial charge in [0.15, 0.2) is 11.6 Å². The van der Waals surface area contributed by atoms with E-state index in [-0.39, 0.29) is 62.5 Å². The van der Waals surface area contributed by atoms with Crippen LogP contribution in [0.15, 0.2) is 23.3 Å². The average molecular weight is 550 g/mol. The van der Waals surface area contributed by atoms with E-state index < -0.39 is 5.41 Å². The summed E-state index contributed by atoms with van der Waals surface area (Å²) in [5, 5.41) is 9.83. The predicted molar refractivity (Wildman–Crippen MR) is 157 cm³/mol. The molecule has 5 nitrogen and oxygen atoms in total. The van der Waals surface area contributed by atoms with Crippen molar-refractivity contribution in [1.29, 1.82) is 5.26 Å². The second kappa shape index (κ2) is 10.6. The molecule has 0 aromatic heterocycles. The average Bonchev–Trinajstić information content (AvgIpc) is 2.88. The van der Waals surface area contributed by atoms with Crippen LogP contribution >= 0.6 is 0 Å². The van der Waals surface area contributed by atoms with E-state index in [9.17, 15) is 19.6 Å². The number of ether oxygens (including phenoxy) is 1. The third kappa shape index (κ3) is 5.14. The standard InChI is InChI=1S/C35H51NO4/c1-23-26-11-14-35(8)29(33(26,6)21-25(22-36)30(23)39)20-28(38)27-10-13-31(3,4)15-16-32(5,17-18-34(27,35)7)12-9-19-40-24(2)37/h20-21,23,26-27H,9-19H2,1-8H3/t23-,26-,27?,32-,33-,34+,35+/m0/s1. The second-order valence-corrected chi connectivity index (χ2v) is 15.5. The Balaban J connectivity index is 1.76. The monoisotopic (exact) mass is 549 g/mol. The van der Waals surface area contributed by atoms with Crippen molar-refractivity contribution in [2.24, 2.45) is 44.8 Å². The number of carbonyl (C=O) groups is 3. The Labute approximate surface area is 242 Å². The van der Waals surface area contributed by atoms with Crippen molar-refractivity contribution in [3.63, 3.8) is 0 Å². The number of ketones is 2. The smallest absolute Gasteiger partial charge is 0.302 e. The van der Waals surface area contributed by atoms with Crippen molar-refractivity contribution in [3.05, 3.63) is 23.3 Å². The molecule has 0 heterocycles. The van der Waals surface area contributed by atoms with E-state index in [2.05, 4.69) is 47.6 Å². The van der Waals surface area contributed by atoms with Crippen molar-refractivity contribution in [2.45, 2.75) is 120 Å². The number of hydrogen-bond acceptors (Lipinski definition) is 5. The lowest BCUT2D eigenvalue weighted by Gasteiger charge is -2.64. The Morgan fingerprint density at radius 3 is 2.33 bits per heavy atom. The molecule has 0 aliphatic heterocycles. The summed E-state index contributed by atoms with van der Waals surface area (Å²) >= 11 is 0. The molecule has 0 amide bonds. The molecule has 0 N–H and O–H groups in total. The fourth-order valence-corrected chi connectivity index (χ4v) is 9.23. The quantitative estimate of drug-likeness (QED) is 0.262. The highest BCUT2D eigenvalue weighted by Crippen LogP contribution is 2.69. The number of nitriles is 1. The summed E-state index contributed by atoms with van der Waals surface area (Å²) in [6.07, 6.45) is 13.8. The zero-order chi connectivity index (χ0) is 29.7. The molecule has 0 aromatic carbocycles. The predicted octanol–water partition coefficient (Wildman–Crippen LogP) is 7.94. The summed E-state index contributed by atoms with van der Waals surface area (Å²) in [4.78, 5) is 38.5. The van der Waals surface area contributed by atoms with Crippen LogP contribution in [-0.2, 0) is 19.1 Å². The van der Waals surface area contributed by atoms with Crippen LogP contribution in [0.5, 0.6) is 0 Å². The van der Waals surface area contributed by atoms with Gasteiger partial charge in [0, 0.05) is 24.2 Å². The van der Waals surface area contributed by atoms with Crippen LogP contribution in [0.4, 0.5) is 0 Å². The fraction of sp³-hybridized carbons (Fsp3) is 0.771. The maximum Gasteiger partial charge on any atom is 0.302 e. The lowest BCUT2D eigenvalue weighted by Crippen LogP contribution is -2.58. The lowest BCUT2D eigenvalue weighted by molar-refractivity contribution is -0.141. The summed E-state index contributed by atoms with van der Waals surface area (Å²) in [5.74, 6) is -0.189. The number of Topliss-reactive ketones (excluding diaryl/α,β-unsaturated/α-hetero) is 1. The topological polar surface area (TPSA) is 84.2 Å². The van der Waals surface area contributed by atoms with Crippen molar-refractivity contribution < 1.29 is 19.1 Å². The molecule has 7 atom stereocenters. The van der Waals surface area contributed by atoms with Crippen LogP contribution in [0.2, 0.25) is 0 Å². The summed E-state index contributed by atoms with van der Waals surface area (Å²) in [6.45, 7) is 17.9. The minimum absolute atomic E-state index is 0.0360. The van der Waals surface area contributed by atoms with Gasteiger partial charge in [-0.25, -0.2) is 0 Å². The first-order valence-corrected chi connectivity index (χ1v) is 15.6. The maximum absolute atomic E-state index is 14.2. The minimum atomic E-state index is -0.475. The Hall–Kier alpha value is -2.22. The van der Waals surface area contributed by atoms with E-state index in [1.807, 2.05) is 19.1 Å². The first-order valence-electron chi connectivity index (χ1n) is 15.6. The highest BCUT2D eigenvalue weighted by atomic mass is 16.5. The van der Waals surface area contributed by atoms with Crippen molar-refractivity contribution in [2.75, 3.05) is 6.61 Å². The first kappa shape index (κ1) is 30.7. The first-order chi connectivity index (χ1) is 18.5. The summed E-state index contributed by atoms with van der Waals surface area (Å²) in [7, 11) is 0. The molecule has 4 aliphatic carbocycles. The normalized spacial score (nSPS) is 41.3. The molecule has 2 saturated carbocycles. The van der Waals surface area contributed by atoms with Gasteiger partial charge in [0.25, 0.3) is 0 Å². The minimum Gasteiger partial charge on any atom is -0.466 e. The Kier molecular flexibility index (Phi) is 8.11. The molecule has 0 spiro atoms. The molecule has 220 valence electrons. The molecule has 4 aliphatic rings. The van der Waals surface area contributed by atoms with Crippen molar-refractivity contribution in [1.82, 2.24) is 0 Å². The SMILES string of the molecule is CC(=O)OCCC[C@@]1(C)CCC(C)(C)CCC2C(=O)C=C3[C@@]4(C)C=C(C#N)C(=O)[C@@H](C)[C@@H]4CC[C@@]3(C)[C@]2(C)CC1. The molecular formula is C35H51NO4. The zero-order valence-electron chi connectivity index (χ0n) is 26.2. The van der Waals surface area contributed by atoms with Crippen LogP contribution in [0.3, 0.4) is 0 Å². The van der Waals surface area contributed by atoms with Gasteiger partial charge >= 0.3 is 5.97 Å². The molecule has 2 fully saturated rings. The van der Waals surface area contributed by atoms with Crippen LogP contribution in [-0.4, -0.2) is 24.1 Å². The number of hydrogen-bond donors (Lipinski definition) is 0. The summed E-state index contributed by atoms with van der Waals surface area (Å²) < 4.78 is 5.28. The van der Waals surface area contributed by atoms with Gasteiger partial charge < -0.3 is 4.74 Å². The molecule has 4 rings (SSSR count). The summed E-state index contributed by atoms with van der Waals surface area (Å²) in [5.41, 5.74) is 0.756. The van der Waals surface area contributed by atoms with E-state index in [1.165, 1.54) is 6.92 Å².